The second-order valence-electron chi connectivity index (χ2n) is 6.29. The second-order valence-corrected chi connectivity index (χ2v) is 6.29. The predicted molar refractivity (Wildman–Crippen MR) is 87.5 cm³/mol. The average molecular weight is 311 g/mol. The lowest BCUT2D eigenvalue weighted by Gasteiger charge is -2.39. The number of hydrogen-bond acceptors (Lipinski definition) is 3. The van der Waals surface area contributed by atoms with Gasteiger partial charge in [0.15, 0.2) is 6.61 Å². The van der Waals surface area contributed by atoms with Crippen LogP contribution in [0, 0.1) is 13.8 Å². The van der Waals surface area contributed by atoms with Crippen LogP contribution >= 0.6 is 0 Å². The molecule has 1 heterocycles. The number of aryl methyl sites for hydroxylation is 2. The van der Waals surface area contributed by atoms with Crippen LogP contribution in [0.15, 0.2) is 36.4 Å². The molecular weight excluding hydrogens is 290 g/mol. The fourth-order valence-corrected chi connectivity index (χ4v) is 3.26. The number of rotatable bonds is 5. The molecule has 2 aromatic rings. The van der Waals surface area contributed by atoms with Gasteiger partial charge in [0.1, 0.15) is 0 Å². The molecule has 0 atom stereocenters. The monoisotopic (exact) mass is 311 g/mol. The average Bonchev–Trinajstić information content (AvgIpc) is 2.83. The molecule has 0 unspecified atom stereocenters. The Morgan fingerprint density at radius 1 is 1.17 bits per heavy atom. The van der Waals surface area contributed by atoms with E-state index in [1.807, 2.05) is 44.2 Å². The minimum Gasteiger partial charge on any atom is -0.457 e. The zero-order valence-electron chi connectivity index (χ0n) is 13.5. The molecule has 0 radical (unpaired) electrons. The van der Waals surface area contributed by atoms with Crippen LogP contribution in [0.4, 0.5) is 0 Å². The number of hydrogen-bond donors (Lipinski definition) is 1. The minimum absolute atomic E-state index is 0.164. The molecule has 0 saturated heterocycles. The highest BCUT2D eigenvalue weighted by Crippen LogP contribution is 2.44. The molecule has 0 bridgehead atoms. The van der Waals surface area contributed by atoms with Crippen LogP contribution < -0.4 is 0 Å². The van der Waals surface area contributed by atoms with E-state index in [4.69, 9.17) is 4.74 Å². The Kier molecular flexibility index (Phi) is 4.07. The summed E-state index contributed by atoms with van der Waals surface area (Å²) in [5.74, 6) is -0.448. The van der Waals surface area contributed by atoms with Crippen LogP contribution in [0.25, 0.3) is 0 Å². The molecule has 4 nitrogen and oxygen atoms in total. The molecule has 120 valence electrons. The van der Waals surface area contributed by atoms with Crippen LogP contribution in [0.1, 0.15) is 46.6 Å². The maximum atomic E-state index is 12.6. The lowest BCUT2D eigenvalue weighted by molar-refractivity contribution is -0.153. The van der Waals surface area contributed by atoms with E-state index >= 15 is 0 Å². The summed E-state index contributed by atoms with van der Waals surface area (Å²) in [6.07, 6.45) is 2.58. The Balaban J connectivity index is 1.69. The van der Waals surface area contributed by atoms with Gasteiger partial charge in [-0.15, -0.1) is 0 Å². The van der Waals surface area contributed by atoms with E-state index in [0.717, 1.165) is 36.2 Å². The van der Waals surface area contributed by atoms with E-state index in [2.05, 4.69) is 4.98 Å². The highest BCUT2D eigenvalue weighted by Gasteiger charge is 2.47. The third-order valence-electron chi connectivity index (χ3n) is 4.71. The summed E-state index contributed by atoms with van der Waals surface area (Å²) in [6, 6.07) is 11.5. The van der Waals surface area contributed by atoms with Crippen LogP contribution in [-0.4, -0.2) is 23.3 Å². The lowest BCUT2D eigenvalue weighted by Crippen LogP contribution is -2.44. The van der Waals surface area contributed by atoms with Crippen molar-refractivity contribution in [2.24, 2.45) is 0 Å². The van der Waals surface area contributed by atoms with Crippen LogP contribution in [0.3, 0.4) is 0 Å². The Labute approximate surface area is 135 Å². The molecule has 1 aliphatic rings. The lowest BCUT2D eigenvalue weighted by atomic mass is 9.64. The standard InChI is InChI=1S/C19H21NO3/c1-13-11-16(14(2)20-13)17(21)12-23-18(22)19(9-6-10-19)15-7-4-3-5-8-15/h3-5,7-8,11,20H,6,9-10,12H2,1-2H3. The SMILES string of the molecule is Cc1cc(C(=O)COC(=O)C2(c3ccccc3)CCC2)c(C)[nH]1. The van der Waals surface area contributed by atoms with Gasteiger partial charge >= 0.3 is 5.97 Å². The van der Waals surface area contributed by atoms with Gasteiger partial charge in [-0.05, 0) is 38.3 Å². The molecule has 1 saturated carbocycles. The summed E-state index contributed by atoms with van der Waals surface area (Å²) >= 11 is 0. The van der Waals surface area contributed by atoms with Crippen molar-refractivity contribution in [1.82, 2.24) is 4.98 Å². The van der Waals surface area contributed by atoms with E-state index < -0.39 is 5.41 Å². The maximum Gasteiger partial charge on any atom is 0.317 e. The van der Waals surface area contributed by atoms with Gasteiger partial charge in [-0.2, -0.15) is 0 Å². The van der Waals surface area contributed by atoms with Gasteiger partial charge in [-0.25, -0.2) is 0 Å². The molecule has 0 spiro atoms. The van der Waals surface area contributed by atoms with Crippen molar-refractivity contribution in [1.29, 1.82) is 0 Å². The molecule has 1 fully saturated rings. The molecule has 1 aliphatic carbocycles. The summed E-state index contributed by atoms with van der Waals surface area (Å²) in [4.78, 5) is 27.9. The van der Waals surface area contributed by atoms with E-state index in [0.29, 0.717) is 5.56 Å². The Bertz CT molecular complexity index is 726. The van der Waals surface area contributed by atoms with Crippen molar-refractivity contribution in [3.8, 4) is 0 Å². The first-order valence-corrected chi connectivity index (χ1v) is 7.95. The normalized spacial score (nSPS) is 15.7. The van der Waals surface area contributed by atoms with Crippen molar-refractivity contribution < 1.29 is 14.3 Å². The molecule has 1 aromatic carbocycles. The number of ketones is 1. The number of aromatic nitrogens is 1. The largest absolute Gasteiger partial charge is 0.457 e. The fraction of sp³-hybridized carbons (Fsp3) is 0.368. The van der Waals surface area contributed by atoms with Gasteiger partial charge < -0.3 is 9.72 Å². The van der Waals surface area contributed by atoms with E-state index in [1.54, 1.807) is 6.07 Å². The summed E-state index contributed by atoms with van der Waals surface area (Å²) in [5.41, 5.74) is 2.75. The molecule has 0 aliphatic heterocycles. The first-order chi connectivity index (χ1) is 11.0. The Morgan fingerprint density at radius 2 is 1.87 bits per heavy atom. The number of benzene rings is 1. The van der Waals surface area contributed by atoms with Crippen molar-refractivity contribution >= 4 is 11.8 Å². The second kappa shape index (κ2) is 6.03. The molecule has 1 N–H and O–H groups in total. The molecule has 4 heteroatoms. The molecule has 0 amide bonds. The number of ether oxygens (including phenoxy) is 1. The number of carbonyl (C=O) groups excluding carboxylic acids is 2. The number of H-pyrrole nitrogens is 1. The third-order valence-corrected chi connectivity index (χ3v) is 4.71. The van der Waals surface area contributed by atoms with Crippen molar-refractivity contribution in [2.75, 3.05) is 6.61 Å². The topological polar surface area (TPSA) is 59.2 Å². The van der Waals surface area contributed by atoms with E-state index in [-0.39, 0.29) is 18.4 Å². The quantitative estimate of drug-likeness (QED) is 0.679. The van der Waals surface area contributed by atoms with Gasteiger partial charge in [-0.1, -0.05) is 36.8 Å². The van der Waals surface area contributed by atoms with Crippen LogP contribution in [-0.2, 0) is 14.9 Å². The Morgan fingerprint density at radius 3 is 2.39 bits per heavy atom. The van der Waals surface area contributed by atoms with Gasteiger partial charge in [0.05, 0.1) is 5.41 Å². The maximum absolute atomic E-state index is 12.6. The number of esters is 1. The summed E-state index contributed by atoms with van der Waals surface area (Å²) in [6.45, 7) is 3.54. The summed E-state index contributed by atoms with van der Waals surface area (Å²) in [7, 11) is 0. The number of Topliss-reactive ketones (excluding diaryl/α,β-unsaturated/α-hetero) is 1. The van der Waals surface area contributed by atoms with E-state index in [9.17, 15) is 9.59 Å². The first-order valence-electron chi connectivity index (χ1n) is 7.95. The third kappa shape index (κ3) is 2.81. The fourth-order valence-electron chi connectivity index (χ4n) is 3.26. The predicted octanol–water partition coefficient (Wildman–Crippen LogP) is 3.48. The van der Waals surface area contributed by atoms with Crippen molar-refractivity contribution in [2.45, 2.75) is 38.5 Å². The highest BCUT2D eigenvalue weighted by atomic mass is 16.5. The van der Waals surface area contributed by atoms with Gasteiger partial charge in [-0.3, -0.25) is 9.59 Å². The van der Waals surface area contributed by atoms with Crippen LogP contribution in [0.5, 0.6) is 0 Å². The molecule has 1 aromatic heterocycles. The van der Waals surface area contributed by atoms with E-state index in [1.165, 1.54) is 0 Å². The number of carbonyl (C=O) groups is 2. The van der Waals surface area contributed by atoms with Crippen LogP contribution in [0.2, 0.25) is 0 Å². The first kappa shape index (κ1) is 15.5. The van der Waals surface area contributed by atoms with Gasteiger partial charge in [0.2, 0.25) is 5.78 Å². The molecular formula is C19H21NO3. The minimum atomic E-state index is -0.565. The molecule has 23 heavy (non-hydrogen) atoms. The molecule has 3 rings (SSSR count). The zero-order chi connectivity index (χ0) is 16.4. The van der Waals surface area contributed by atoms with Crippen molar-refractivity contribution in [3.05, 3.63) is 58.9 Å². The van der Waals surface area contributed by atoms with Gasteiger partial charge in [0, 0.05) is 17.0 Å². The van der Waals surface area contributed by atoms with Crippen molar-refractivity contribution in [3.63, 3.8) is 0 Å². The summed E-state index contributed by atoms with van der Waals surface area (Å²) in [5, 5.41) is 0. The summed E-state index contributed by atoms with van der Waals surface area (Å²) < 4.78 is 5.38. The Hall–Kier alpha value is -2.36. The highest BCUT2D eigenvalue weighted by molar-refractivity contribution is 5.99. The number of aromatic amines is 1. The smallest absolute Gasteiger partial charge is 0.317 e. The van der Waals surface area contributed by atoms with Gasteiger partial charge in [0.25, 0.3) is 0 Å². The zero-order valence-corrected chi connectivity index (χ0v) is 13.5. The number of nitrogens with one attached hydrogen (secondary N) is 1.